The summed E-state index contributed by atoms with van der Waals surface area (Å²) in [5, 5.41) is 9.43. The SMILES string of the molecule is CN1C[C@@H](CO)O[C@@H](n2cnc3c(N4CCOCC4)ncnc32)C1. The summed E-state index contributed by atoms with van der Waals surface area (Å²) in [5.74, 6) is 0.838. The molecule has 0 radical (unpaired) electrons. The average Bonchev–Trinajstić information content (AvgIpc) is 3.06. The molecule has 0 saturated carbocycles. The molecule has 0 unspecified atom stereocenters. The lowest BCUT2D eigenvalue weighted by Gasteiger charge is -2.35. The highest BCUT2D eigenvalue weighted by molar-refractivity contribution is 5.83. The number of nitrogens with zero attached hydrogens (tertiary/aromatic N) is 6. The molecule has 0 bridgehead atoms. The maximum Gasteiger partial charge on any atom is 0.167 e. The molecular weight excluding hydrogens is 312 g/mol. The molecule has 0 amide bonds. The number of ether oxygens (including phenoxy) is 2. The largest absolute Gasteiger partial charge is 0.394 e. The highest BCUT2D eigenvalue weighted by Gasteiger charge is 2.28. The Kier molecular flexibility index (Phi) is 4.31. The highest BCUT2D eigenvalue weighted by atomic mass is 16.5. The van der Waals surface area contributed by atoms with E-state index in [2.05, 4.69) is 24.8 Å². The average molecular weight is 334 g/mol. The first kappa shape index (κ1) is 15.7. The van der Waals surface area contributed by atoms with Crippen LogP contribution in [0, 0.1) is 0 Å². The first-order chi connectivity index (χ1) is 11.8. The van der Waals surface area contributed by atoms with Crippen molar-refractivity contribution in [3.8, 4) is 0 Å². The van der Waals surface area contributed by atoms with Gasteiger partial charge in [-0.1, -0.05) is 0 Å². The summed E-state index contributed by atoms with van der Waals surface area (Å²) in [5.41, 5.74) is 1.53. The Morgan fingerprint density at radius 3 is 2.83 bits per heavy atom. The summed E-state index contributed by atoms with van der Waals surface area (Å²) in [7, 11) is 2.02. The zero-order chi connectivity index (χ0) is 16.5. The van der Waals surface area contributed by atoms with Crippen LogP contribution in [0.15, 0.2) is 12.7 Å². The molecule has 2 saturated heterocycles. The van der Waals surface area contributed by atoms with Crippen LogP contribution in [0.1, 0.15) is 6.23 Å². The number of aliphatic hydroxyl groups is 1. The van der Waals surface area contributed by atoms with Crippen LogP contribution in [0.4, 0.5) is 5.82 Å². The molecule has 9 nitrogen and oxygen atoms in total. The number of morpholine rings is 2. The van der Waals surface area contributed by atoms with E-state index in [0.717, 1.165) is 36.6 Å². The Labute approximate surface area is 139 Å². The van der Waals surface area contributed by atoms with Crippen LogP contribution in [0.3, 0.4) is 0 Å². The smallest absolute Gasteiger partial charge is 0.167 e. The fraction of sp³-hybridized carbons (Fsp3) is 0.667. The molecule has 0 aromatic carbocycles. The molecule has 0 spiro atoms. The van der Waals surface area contributed by atoms with E-state index in [0.29, 0.717) is 19.8 Å². The molecule has 2 aliphatic heterocycles. The maximum atomic E-state index is 9.43. The molecule has 0 aliphatic carbocycles. The van der Waals surface area contributed by atoms with Crippen LogP contribution in [0.25, 0.3) is 11.2 Å². The molecule has 130 valence electrons. The van der Waals surface area contributed by atoms with E-state index in [4.69, 9.17) is 9.47 Å². The van der Waals surface area contributed by atoms with Crippen molar-refractivity contribution in [2.45, 2.75) is 12.3 Å². The van der Waals surface area contributed by atoms with Crippen LogP contribution < -0.4 is 4.90 Å². The number of rotatable bonds is 3. The molecule has 2 fully saturated rings. The van der Waals surface area contributed by atoms with E-state index < -0.39 is 0 Å². The molecule has 2 aliphatic rings. The number of aliphatic hydroxyl groups excluding tert-OH is 1. The molecule has 1 N–H and O–H groups in total. The minimum Gasteiger partial charge on any atom is -0.394 e. The summed E-state index contributed by atoms with van der Waals surface area (Å²) in [4.78, 5) is 17.7. The van der Waals surface area contributed by atoms with Crippen molar-refractivity contribution in [1.82, 2.24) is 24.4 Å². The van der Waals surface area contributed by atoms with Crippen molar-refractivity contribution in [1.29, 1.82) is 0 Å². The fourth-order valence-electron chi connectivity index (χ4n) is 3.31. The minimum atomic E-state index is -0.224. The summed E-state index contributed by atoms with van der Waals surface area (Å²) in [6, 6.07) is 0. The van der Waals surface area contributed by atoms with Gasteiger partial charge in [-0.2, -0.15) is 0 Å². The van der Waals surface area contributed by atoms with Gasteiger partial charge < -0.3 is 19.5 Å². The zero-order valence-corrected chi connectivity index (χ0v) is 13.7. The van der Waals surface area contributed by atoms with Crippen molar-refractivity contribution in [2.75, 3.05) is 57.9 Å². The first-order valence-corrected chi connectivity index (χ1v) is 8.21. The Morgan fingerprint density at radius 1 is 1.21 bits per heavy atom. The Morgan fingerprint density at radius 2 is 2.04 bits per heavy atom. The van der Waals surface area contributed by atoms with Gasteiger partial charge in [0, 0.05) is 26.2 Å². The number of anilines is 1. The normalized spacial score (nSPS) is 26.2. The second-order valence-corrected chi connectivity index (χ2v) is 6.24. The minimum absolute atomic E-state index is 0.00147. The predicted molar refractivity (Wildman–Crippen MR) is 86.8 cm³/mol. The third-order valence-electron chi connectivity index (χ3n) is 4.50. The molecular formula is C15H22N6O3. The summed E-state index contributed by atoms with van der Waals surface area (Å²) < 4.78 is 13.3. The Hall–Kier alpha value is -1.81. The Bertz CT molecular complexity index is 702. The third kappa shape index (κ3) is 2.84. The van der Waals surface area contributed by atoms with E-state index in [1.165, 1.54) is 0 Å². The van der Waals surface area contributed by atoms with Crippen LogP contribution in [-0.4, -0.2) is 88.7 Å². The van der Waals surface area contributed by atoms with Gasteiger partial charge in [0.25, 0.3) is 0 Å². The van der Waals surface area contributed by atoms with Crippen LogP contribution in [-0.2, 0) is 9.47 Å². The van der Waals surface area contributed by atoms with Gasteiger partial charge in [0.15, 0.2) is 17.0 Å². The van der Waals surface area contributed by atoms with E-state index in [1.54, 1.807) is 12.7 Å². The summed E-state index contributed by atoms with van der Waals surface area (Å²) in [6.45, 7) is 4.43. The first-order valence-electron chi connectivity index (χ1n) is 8.21. The van der Waals surface area contributed by atoms with Crippen LogP contribution >= 0.6 is 0 Å². The number of hydrogen-bond donors (Lipinski definition) is 1. The lowest BCUT2D eigenvalue weighted by atomic mass is 10.3. The van der Waals surface area contributed by atoms with Crippen LogP contribution in [0.5, 0.6) is 0 Å². The maximum absolute atomic E-state index is 9.43. The zero-order valence-electron chi connectivity index (χ0n) is 13.7. The highest BCUT2D eigenvalue weighted by Crippen LogP contribution is 2.27. The molecule has 9 heteroatoms. The van der Waals surface area contributed by atoms with Gasteiger partial charge in [-0.25, -0.2) is 15.0 Å². The van der Waals surface area contributed by atoms with E-state index >= 15 is 0 Å². The van der Waals surface area contributed by atoms with Crippen molar-refractivity contribution >= 4 is 17.0 Å². The van der Waals surface area contributed by atoms with Crippen molar-refractivity contribution < 1.29 is 14.6 Å². The van der Waals surface area contributed by atoms with Gasteiger partial charge in [0.1, 0.15) is 12.6 Å². The predicted octanol–water partition coefficient (Wildman–Crippen LogP) is -0.516. The summed E-state index contributed by atoms with van der Waals surface area (Å²) >= 11 is 0. The number of fused-ring (bicyclic) bond motifs is 1. The molecule has 2 aromatic rings. The molecule has 4 rings (SSSR count). The quantitative estimate of drug-likeness (QED) is 0.802. The molecule has 24 heavy (non-hydrogen) atoms. The van der Waals surface area contributed by atoms with Crippen molar-refractivity contribution in [3.63, 3.8) is 0 Å². The van der Waals surface area contributed by atoms with Crippen molar-refractivity contribution in [2.24, 2.45) is 0 Å². The third-order valence-corrected chi connectivity index (χ3v) is 4.50. The lowest BCUT2D eigenvalue weighted by molar-refractivity contribution is -0.127. The number of likely N-dealkylation sites (N-methyl/N-ethyl adjacent to an activating group) is 1. The summed E-state index contributed by atoms with van der Waals surface area (Å²) in [6.07, 6.45) is 2.90. The second kappa shape index (κ2) is 6.60. The van der Waals surface area contributed by atoms with Gasteiger partial charge in [-0.15, -0.1) is 0 Å². The second-order valence-electron chi connectivity index (χ2n) is 6.24. The van der Waals surface area contributed by atoms with Gasteiger partial charge in [-0.3, -0.25) is 9.47 Å². The van der Waals surface area contributed by atoms with Crippen molar-refractivity contribution in [3.05, 3.63) is 12.7 Å². The lowest BCUT2D eigenvalue weighted by Crippen LogP contribution is -2.45. The standard InChI is InChI=1S/C15H22N6O3/c1-19-6-11(8-22)24-12(7-19)21-10-18-13-14(16-9-17-15(13)21)20-2-4-23-5-3-20/h9-12,22H,2-8H2,1H3/t11-,12+/m0/s1. The molecule has 2 aromatic heterocycles. The topological polar surface area (TPSA) is 88.8 Å². The van der Waals surface area contributed by atoms with E-state index in [-0.39, 0.29) is 18.9 Å². The molecule has 2 atom stereocenters. The van der Waals surface area contributed by atoms with Gasteiger partial charge >= 0.3 is 0 Å². The van der Waals surface area contributed by atoms with E-state index in [9.17, 15) is 5.11 Å². The number of imidazole rings is 1. The fourth-order valence-corrected chi connectivity index (χ4v) is 3.31. The molecule has 4 heterocycles. The van der Waals surface area contributed by atoms with Gasteiger partial charge in [0.2, 0.25) is 0 Å². The van der Waals surface area contributed by atoms with E-state index in [1.807, 2.05) is 11.6 Å². The number of aromatic nitrogens is 4. The Balaban J connectivity index is 1.67. The van der Waals surface area contributed by atoms with Gasteiger partial charge in [0.05, 0.1) is 32.3 Å². The van der Waals surface area contributed by atoms with Gasteiger partial charge in [-0.05, 0) is 7.05 Å². The monoisotopic (exact) mass is 334 g/mol. The number of hydrogen-bond acceptors (Lipinski definition) is 8. The van der Waals surface area contributed by atoms with Crippen LogP contribution in [0.2, 0.25) is 0 Å².